The fourth-order valence-electron chi connectivity index (χ4n) is 3.71. The summed E-state index contributed by atoms with van der Waals surface area (Å²) in [5.41, 5.74) is 1.31. The van der Waals surface area contributed by atoms with Crippen LogP contribution in [0.2, 0.25) is 0 Å². The molecule has 4 rings (SSSR count). The summed E-state index contributed by atoms with van der Waals surface area (Å²) >= 11 is 0. The first-order chi connectivity index (χ1) is 12.8. The monoisotopic (exact) mass is 376 g/mol. The van der Waals surface area contributed by atoms with E-state index in [1.807, 2.05) is 24.3 Å². The third-order valence-electron chi connectivity index (χ3n) is 4.92. The minimum Gasteiger partial charge on any atom is -0.406 e. The lowest BCUT2D eigenvalue weighted by atomic mass is 9.92. The molecule has 1 atom stereocenters. The second-order valence-electron chi connectivity index (χ2n) is 6.58. The van der Waals surface area contributed by atoms with Crippen molar-refractivity contribution in [2.75, 3.05) is 0 Å². The van der Waals surface area contributed by atoms with Crippen molar-refractivity contribution < 1.29 is 27.5 Å². The molecule has 5 nitrogen and oxygen atoms in total. The van der Waals surface area contributed by atoms with Gasteiger partial charge in [-0.15, -0.1) is 13.2 Å². The van der Waals surface area contributed by atoms with Crippen LogP contribution in [0.15, 0.2) is 48.5 Å². The third-order valence-corrected chi connectivity index (χ3v) is 4.92. The van der Waals surface area contributed by atoms with E-state index in [1.54, 1.807) is 0 Å². The van der Waals surface area contributed by atoms with Crippen LogP contribution in [-0.4, -0.2) is 23.2 Å². The highest BCUT2D eigenvalue weighted by Crippen LogP contribution is 2.41. The predicted octanol–water partition coefficient (Wildman–Crippen LogP) is 3.48. The summed E-state index contributed by atoms with van der Waals surface area (Å²) in [6.45, 7) is -0.0269. The number of nitrogens with zero attached hydrogens (tertiary/aromatic N) is 1. The first-order valence-electron chi connectivity index (χ1n) is 8.36. The molecule has 27 heavy (non-hydrogen) atoms. The van der Waals surface area contributed by atoms with Crippen LogP contribution in [0.25, 0.3) is 0 Å². The first kappa shape index (κ1) is 17.4. The van der Waals surface area contributed by atoms with Gasteiger partial charge in [0.2, 0.25) is 0 Å². The molecule has 1 aliphatic heterocycles. The number of fused-ring (bicyclic) bond motifs is 2. The minimum atomic E-state index is -4.77. The number of amides is 3. The molecule has 2 aromatic rings. The minimum absolute atomic E-state index is 0.0269. The molecular formula is C19H15F3N2O3. The van der Waals surface area contributed by atoms with Gasteiger partial charge < -0.3 is 10.1 Å². The van der Waals surface area contributed by atoms with Gasteiger partial charge in [-0.2, -0.15) is 0 Å². The van der Waals surface area contributed by atoms with Crippen LogP contribution in [0.1, 0.15) is 23.1 Å². The molecular weight excluding hydrogens is 361 g/mol. The number of carbonyl (C=O) groups excluding carboxylic acids is 2. The smallest absolute Gasteiger partial charge is 0.406 e. The van der Waals surface area contributed by atoms with Crippen LogP contribution in [-0.2, 0) is 23.3 Å². The van der Waals surface area contributed by atoms with E-state index in [-0.39, 0.29) is 18.2 Å². The van der Waals surface area contributed by atoms with E-state index < -0.39 is 17.9 Å². The topological polar surface area (TPSA) is 58.6 Å². The maximum absolute atomic E-state index is 13.0. The summed E-state index contributed by atoms with van der Waals surface area (Å²) in [7, 11) is 0. The Hall–Kier alpha value is -3.03. The molecule has 0 saturated carbocycles. The Labute approximate surface area is 152 Å². The number of rotatable bonds is 3. The Balaban J connectivity index is 1.54. The zero-order valence-electron chi connectivity index (χ0n) is 14.0. The lowest BCUT2D eigenvalue weighted by Crippen LogP contribution is -2.41. The maximum Gasteiger partial charge on any atom is 0.573 e. The number of urea groups is 1. The van der Waals surface area contributed by atoms with E-state index in [1.165, 1.54) is 12.1 Å². The molecule has 0 radical (unpaired) electrons. The van der Waals surface area contributed by atoms with Gasteiger partial charge in [0.05, 0.1) is 6.54 Å². The number of hydrogen-bond donors (Lipinski definition) is 1. The number of ether oxygens (including phenoxy) is 1. The Kier molecular flexibility index (Phi) is 3.87. The second kappa shape index (κ2) is 6.00. The number of halogens is 3. The number of alkyl halides is 3. The molecule has 8 heteroatoms. The summed E-state index contributed by atoms with van der Waals surface area (Å²) in [6, 6.07) is 12.1. The van der Waals surface area contributed by atoms with Gasteiger partial charge in [0.25, 0.3) is 5.91 Å². The van der Waals surface area contributed by atoms with E-state index in [4.69, 9.17) is 0 Å². The molecule has 140 valence electrons. The zero-order chi connectivity index (χ0) is 19.2. The van der Waals surface area contributed by atoms with Crippen LogP contribution in [0.3, 0.4) is 0 Å². The van der Waals surface area contributed by atoms with Crippen LogP contribution >= 0.6 is 0 Å². The van der Waals surface area contributed by atoms with Gasteiger partial charge in [0.1, 0.15) is 11.3 Å². The molecule has 1 unspecified atom stereocenters. The van der Waals surface area contributed by atoms with Crippen molar-refractivity contribution in [2.24, 2.45) is 0 Å². The molecule has 0 aromatic heterocycles. The highest BCUT2D eigenvalue weighted by Gasteiger charge is 2.55. The summed E-state index contributed by atoms with van der Waals surface area (Å²) < 4.78 is 40.5. The van der Waals surface area contributed by atoms with Crippen LogP contribution in [0.5, 0.6) is 5.75 Å². The van der Waals surface area contributed by atoms with Gasteiger partial charge in [-0.1, -0.05) is 36.4 Å². The number of imide groups is 1. The van der Waals surface area contributed by atoms with E-state index >= 15 is 0 Å². The fourth-order valence-corrected chi connectivity index (χ4v) is 3.71. The van der Waals surface area contributed by atoms with E-state index in [0.29, 0.717) is 18.4 Å². The quantitative estimate of drug-likeness (QED) is 0.835. The number of benzene rings is 2. The second-order valence-corrected chi connectivity index (χ2v) is 6.58. The van der Waals surface area contributed by atoms with Gasteiger partial charge in [-0.05, 0) is 41.7 Å². The molecule has 3 amide bonds. The number of hydrogen-bond acceptors (Lipinski definition) is 3. The Morgan fingerprint density at radius 3 is 2.48 bits per heavy atom. The average molecular weight is 376 g/mol. The van der Waals surface area contributed by atoms with Gasteiger partial charge in [-0.3, -0.25) is 9.69 Å². The van der Waals surface area contributed by atoms with Crippen molar-refractivity contribution >= 4 is 11.9 Å². The van der Waals surface area contributed by atoms with Gasteiger partial charge >= 0.3 is 12.4 Å². The number of carbonyl (C=O) groups is 2. The Morgan fingerprint density at radius 1 is 1.07 bits per heavy atom. The Morgan fingerprint density at radius 2 is 1.78 bits per heavy atom. The molecule has 0 bridgehead atoms. The van der Waals surface area contributed by atoms with E-state index in [2.05, 4.69) is 10.1 Å². The fraction of sp³-hybridized carbons (Fsp3) is 0.263. The molecule has 1 saturated heterocycles. The molecule has 1 spiro atoms. The number of nitrogens with one attached hydrogen (secondary N) is 1. The zero-order valence-corrected chi connectivity index (χ0v) is 14.0. The molecule has 1 heterocycles. The van der Waals surface area contributed by atoms with Crippen LogP contribution in [0, 0.1) is 0 Å². The van der Waals surface area contributed by atoms with Crippen molar-refractivity contribution in [1.29, 1.82) is 0 Å². The first-order valence-corrected chi connectivity index (χ1v) is 8.36. The van der Waals surface area contributed by atoms with Crippen molar-refractivity contribution in [3.63, 3.8) is 0 Å². The van der Waals surface area contributed by atoms with Gasteiger partial charge in [-0.25, -0.2) is 4.79 Å². The summed E-state index contributed by atoms with van der Waals surface area (Å²) in [5, 5.41) is 2.81. The SMILES string of the molecule is O=C1NC2(CCc3ccccc32)C(=O)N1Cc1ccc(OC(F)(F)F)cc1. The average Bonchev–Trinajstić information content (AvgIpc) is 3.09. The Bertz CT molecular complexity index is 911. The van der Waals surface area contributed by atoms with E-state index in [9.17, 15) is 22.8 Å². The van der Waals surface area contributed by atoms with Crippen molar-refractivity contribution in [3.05, 3.63) is 65.2 Å². The number of aryl methyl sites for hydroxylation is 1. The summed E-state index contributed by atoms with van der Waals surface area (Å²) in [4.78, 5) is 26.6. The van der Waals surface area contributed by atoms with E-state index in [0.717, 1.165) is 28.2 Å². The molecule has 1 N–H and O–H groups in total. The standard InChI is InChI=1S/C19H15F3N2O3/c20-19(21,22)27-14-7-5-12(6-8-14)11-24-16(25)18(23-17(24)26)10-9-13-3-1-2-4-15(13)18/h1-8H,9-11H2,(H,23,26). The highest BCUT2D eigenvalue weighted by molar-refractivity contribution is 6.08. The van der Waals surface area contributed by atoms with Gasteiger partial charge in [0, 0.05) is 0 Å². The largest absolute Gasteiger partial charge is 0.573 e. The van der Waals surface area contributed by atoms with Crippen molar-refractivity contribution in [1.82, 2.24) is 10.2 Å². The third kappa shape index (κ3) is 3.01. The summed E-state index contributed by atoms with van der Waals surface area (Å²) in [6.07, 6.45) is -3.58. The highest BCUT2D eigenvalue weighted by atomic mass is 19.4. The lowest BCUT2D eigenvalue weighted by molar-refractivity contribution is -0.274. The van der Waals surface area contributed by atoms with Gasteiger partial charge in [0.15, 0.2) is 0 Å². The molecule has 2 aliphatic rings. The predicted molar refractivity (Wildman–Crippen MR) is 88.6 cm³/mol. The summed E-state index contributed by atoms with van der Waals surface area (Å²) in [5.74, 6) is -0.697. The molecule has 2 aromatic carbocycles. The maximum atomic E-state index is 13.0. The molecule has 1 fully saturated rings. The van der Waals surface area contributed by atoms with Crippen LogP contribution < -0.4 is 10.1 Å². The van der Waals surface area contributed by atoms with Crippen molar-refractivity contribution in [3.8, 4) is 5.75 Å². The normalized spacial score (nSPS) is 21.5. The molecule has 1 aliphatic carbocycles. The van der Waals surface area contributed by atoms with Crippen molar-refractivity contribution in [2.45, 2.75) is 31.3 Å². The lowest BCUT2D eigenvalue weighted by Gasteiger charge is -2.22. The van der Waals surface area contributed by atoms with Crippen LogP contribution in [0.4, 0.5) is 18.0 Å².